The van der Waals surface area contributed by atoms with Crippen LogP contribution < -0.4 is 10.6 Å². The summed E-state index contributed by atoms with van der Waals surface area (Å²) in [5, 5.41) is 5.58. The first-order valence-electron chi connectivity index (χ1n) is 16.0. The Hall–Kier alpha value is -2.71. The summed E-state index contributed by atoms with van der Waals surface area (Å²) in [5.74, 6) is -0.679. The van der Waals surface area contributed by atoms with Crippen molar-refractivity contribution in [3.05, 3.63) is 28.7 Å². The minimum absolute atomic E-state index is 0.0759. The zero-order valence-corrected chi connectivity index (χ0v) is 29.3. The number of amides is 3. The molecule has 1 saturated heterocycles. The summed E-state index contributed by atoms with van der Waals surface area (Å²) in [5.41, 5.74) is -2.01. The van der Waals surface area contributed by atoms with Crippen LogP contribution in [0.5, 0.6) is 0 Å². The van der Waals surface area contributed by atoms with Gasteiger partial charge in [-0.1, -0.05) is 50.0 Å². The Morgan fingerprint density at radius 1 is 1.02 bits per heavy atom. The minimum Gasteiger partial charge on any atom is -0.464 e. The van der Waals surface area contributed by atoms with E-state index >= 15 is 0 Å². The molecule has 7 atom stereocenters. The van der Waals surface area contributed by atoms with E-state index in [9.17, 15) is 27.6 Å². The molecule has 1 aromatic rings. The summed E-state index contributed by atoms with van der Waals surface area (Å²) in [4.78, 5) is 55.3. The molecule has 0 radical (unpaired) electrons. The number of ether oxygens (including phenoxy) is 2. The van der Waals surface area contributed by atoms with Crippen LogP contribution in [0, 0.1) is 23.2 Å². The molecule has 0 bridgehead atoms. The van der Waals surface area contributed by atoms with Crippen LogP contribution in [0.1, 0.15) is 73.1 Å². The monoisotopic (exact) mass is 725 g/mol. The van der Waals surface area contributed by atoms with Crippen LogP contribution >= 0.6 is 15.9 Å². The fourth-order valence-electron chi connectivity index (χ4n) is 6.91. The van der Waals surface area contributed by atoms with E-state index in [1.54, 1.807) is 39.8 Å². The Balaban J connectivity index is 1.37. The second-order valence-corrected chi connectivity index (χ2v) is 16.5. The van der Waals surface area contributed by atoms with E-state index in [1.807, 2.05) is 6.92 Å². The quantitative estimate of drug-likeness (QED) is 0.255. The molecule has 3 amide bonds. The molecule has 2 N–H and O–H groups in total. The Labute approximate surface area is 278 Å². The average molecular weight is 727 g/mol. The van der Waals surface area contributed by atoms with E-state index in [1.165, 1.54) is 23.5 Å². The van der Waals surface area contributed by atoms with Gasteiger partial charge >= 0.3 is 12.1 Å². The smallest absolute Gasteiger partial charge is 0.408 e. The van der Waals surface area contributed by atoms with Crippen LogP contribution in [0.3, 0.4) is 0 Å². The molecule has 14 heteroatoms. The summed E-state index contributed by atoms with van der Waals surface area (Å²) in [6.07, 6.45) is 1.70. The number of halogens is 1. The molecule has 4 aliphatic rings. The third kappa shape index (κ3) is 7.38. The molecule has 3 saturated carbocycles. The Bertz CT molecular complexity index is 1450. The predicted molar refractivity (Wildman–Crippen MR) is 170 cm³/mol. The van der Waals surface area contributed by atoms with Crippen molar-refractivity contribution >= 4 is 49.9 Å². The van der Waals surface area contributed by atoms with Crippen LogP contribution in [0.15, 0.2) is 33.6 Å². The maximum Gasteiger partial charge on any atom is 0.408 e. The van der Waals surface area contributed by atoms with Crippen molar-refractivity contribution in [1.82, 2.24) is 15.5 Å². The highest BCUT2D eigenvalue weighted by molar-refractivity contribution is 9.10. The molecule has 3 aliphatic carbocycles. The van der Waals surface area contributed by atoms with Crippen molar-refractivity contribution in [3.8, 4) is 0 Å². The lowest BCUT2D eigenvalue weighted by atomic mass is 9.85. The Kier molecular flexibility index (Phi) is 9.83. The number of alkyl carbamates (subject to hydrolysis) is 1. The SMILES string of the molecule is CCOC(=O)C1(NC(=O)C2CC(OS(=O)(=O)c3ccc(Br)cc3)CN2C(=O)C(NC(=O)OC2CC3CC3C2)C(C)(C)C)CC1CC. The summed E-state index contributed by atoms with van der Waals surface area (Å²) in [6, 6.07) is 3.64. The van der Waals surface area contributed by atoms with Crippen LogP contribution in [-0.4, -0.2) is 80.2 Å². The molecule has 0 aromatic heterocycles. The molecule has 1 aliphatic heterocycles. The number of benzene rings is 1. The van der Waals surface area contributed by atoms with Crippen molar-refractivity contribution in [2.45, 2.75) is 108 Å². The normalized spacial score (nSPS) is 30.6. The van der Waals surface area contributed by atoms with Gasteiger partial charge in [0.2, 0.25) is 11.8 Å². The first-order valence-corrected chi connectivity index (χ1v) is 18.2. The van der Waals surface area contributed by atoms with E-state index in [-0.39, 0.29) is 36.5 Å². The Morgan fingerprint density at radius 3 is 2.24 bits per heavy atom. The summed E-state index contributed by atoms with van der Waals surface area (Å²) < 4.78 is 43.6. The second kappa shape index (κ2) is 13.1. The van der Waals surface area contributed by atoms with Gasteiger partial charge in [0.05, 0.1) is 17.6 Å². The molecule has 4 fully saturated rings. The number of nitrogens with one attached hydrogen (secondary N) is 2. The topological polar surface area (TPSA) is 157 Å². The Morgan fingerprint density at radius 2 is 1.67 bits per heavy atom. The first-order chi connectivity index (χ1) is 21.6. The van der Waals surface area contributed by atoms with Gasteiger partial charge < -0.3 is 25.0 Å². The van der Waals surface area contributed by atoms with Crippen LogP contribution in [0.2, 0.25) is 0 Å². The van der Waals surface area contributed by atoms with Crippen molar-refractivity contribution in [3.63, 3.8) is 0 Å². The molecule has 46 heavy (non-hydrogen) atoms. The number of carbonyl (C=O) groups is 4. The van der Waals surface area contributed by atoms with Crippen LogP contribution in [0.25, 0.3) is 0 Å². The van der Waals surface area contributed by atoms with E-state index in [4.69, 9.17) is 13.7 Å². The first kappa shape index (κ1) is 34.6. The number of likely N-dealkylation sites (tertiary alicyclic amines) is 1. The zero-order valence-electron chi connectivity index (χ0n) is 26.9. The molecule has 5 rings (SSSR count). The van der Waals surface area contributed by atoms with E-state index in [0.717, 1.165) is 12.8 Å². The summed E-state index contributed by atoms with van der Waals surface area (Å²) >= 11 is 3.29. The molecule has 12 nitrogen and oxygen atoms in total. The number of nitrogens with zero attached hydrogens (tertiary/aromatic N) is 1. The van der Waals surface area contributed by atoms with Crippen LogP contribution in [-0.2, 0) is 38.2 Å². The highest BCUT2D eigenvalue weighted by Gasteiger charge is 2.62. The summed E-state index contributed by atoms with van der Waals surface area (Å²) in [7, 11) is -4.25. The van der Waals surface area contributed by atoms with Gasteiger partial charge in [-0.05, 0) is 80.0 Å². The standard InChI is InChI=1S/C32H44BrN3O9S/c1-6-20-16-32(20,29(39)43-7-2)35-27(37)25-15-23(45-46(41,42)24-10-8-21(33)9-11-24)17-36(25)28(38)26(31(3,4)5)34-30(40)44-22-13-18-12-19(18)14-22/h8-11,18-20,22-23,25-26H,6-7,12-17H2,1-5H3,(H,34,40)(H,35,37). The molecule has 7 unspecified atom stereocenters. The maximum atomic E-state index is 14.3. The third-order valence-electron chi connectivity index (χ3n) is 9.65. The summed E-state index contributed by atoms with van der Waals surface area (Å²) in [6.45, 7) is 8.85. The van der Waals surface area contributed by atoms with Crippen LogP contribution in [0.4, 0.5) is 4.79 Å². The maximum absolute atomic E-state index is 14.3. The second-order valence-electron chi connectivity index (χ2n) is 14.1. The highest BCUT2D eigenvalue weighted by Crippen LogP contribution is 2.52. The van der Waals surface area contributed by atoms with Gasteiger partial charge in [-0.15, -0.1) is 0 Å². The number of hydrogen-bond acceptors (Lipinski definition) is 9. The van der Waals surface area contributed by atoms with Gasteiger partial charge in [-0.3, -0.25) is 13.8 Å². The lowest BCUT2D eigenvalue weighted by Crippen LogP contribution is -2.59. The van der Waals surface area contributed by atoms with Crippen molar-refractivity contribution < 1.29 is 41.3 Å². The van der Waals surface area contributed by atoms with E-state index in [0.29, 0.717) is 29.2 Å². The number of carbonyl (C=O) groups excluding carboxylic acids is 4. The van der Waals surface area contributed by atoms with Gasteiger partial charge in [0.1, 0.15) is 23.7 Å². The number of hydrogen-bond donors (Lipinski definition) is 2. The molecular formula is C32H44BrN3O9S. The molecule has 1 heterocycles. The molecule has 0 spiro atoms. The van der Waals surface area contributed by atoms with E-state index in [2.05, 4.69) is 26.6 Å². The van der Waals surface area contributed by atoms with Crippen molar-refractivity contribution in [2.24, 2.45) is 23.2 Å². The van der Waals surface area contributed by atoms with Gasteiger partial charge in [-0.25, -0.2) is 9.59 Å². The largest absolute Gasteiger partial charge is 0.464 e. The van der Waals surface area contributed by atoms with Crippen molar-refractivity contribution in [2.75, 3.05) is 13.2 Å². The molecule has 1 aromatic carbocycles. The van der Waals surface area contributed by atoms with E-state index < -0.39 is 63.1 Å². The average Bonchev–Trinajstić information content (AvgIpc) is 3.79. The van der Waals surface area contributed by atoms with Crippen molar-refractivity contribution in [1.29, 1.82) is 0 Å². The zero-order chi connectivity index (χ0) is 33.6. The third-order valence-corrected chi connectivity index (χ3v) is 11.6. The lowest BCUT2D eigenvalue weighted by molar-refractivity contribution is -0.150. The van der Waals surface area contributed by atoms with Gasteiger partial charge in [0.15, 0.2) is 0 Å². The highest BCUT2D eigenvalue weighted by atomic mass is 79.9. The predicted octanol–water partition coefficient (Wildman–Crippen LogP) is 3.91. The number of esters is 1. The molecular weight excluding hydrogens is 682 g/mol. The fraction of sp³-hybridized carbons (Fsp3) is 0.688. The van der Waals surface area contributed by atoms with Gasteiger partial charge in [0, 0.05) is 17.4 Å². The minimum atomic E-state index is -4.25. The fourth-order valence-corrected chi connectivity index (χ4v) is 8.25. The lowest BCUT2D eigenvalue weighted by Gasteiger charge is -2.35. The number of fused-ring (bicyclic) bond motifs is 1. The van der Waals surface area contributed by atoms with Gasteiger partial charge in [0.25, 0.3) is 10.1 Å². The van der Waals surface area contributed by atoms with Gasteiger partial charge in [-0.2, -0.15) is 8.42 Å². The number of rotatable bonds is 11. The molecule has 254 valence electrons.